The van der Waals surface area contributed by atoms with Crippen molar-refractivity contribution in [2.75, 3.05) is 0 Å². The molecule has 108 valence electrons. The molecule has 2 rings (SSSR count). The Labute approximate surface area is 115 Å². The minimum atomic E-state index is -0.881. The second-order valence-corrected chi connectivity index (χ2v) is 7.23. The zero-order chi connectivity index (χ0) is 14.2. The zero-order valence-electron chi connectivity index (χ0n) is 12.1. The second kappa shape index (κ2) is 5.14. The van der Waals surface area contributed by atoms with Gasteiger partial charge in [-0.05, 0) is 42.9 Å². The van der Waals surface area contributed by atoms with Crippen LogP contribution in [0.5, 0.6) is 0 Å². The van der Waals surface area contributed by atoms with Gasteiger partial charge in [-0.1, -0.05) is 20.8 Å². The molecule has 0 radical (unpaired) electrons. The maximum atomic E-state index is 11.5. The Morgan fingerprint density at radius 3 is 2.26 bits per heavy atom. The predicted molar refractivity (Wildman–Crippen MR) is 72.6 cm³/mol. The van der Waals surface area contributed by atoms with Crippen LogP contribution in [0.25, 0.3) is 0 Å². The number of aliphatic carboxylic acids is 1. The van der Waals surface area contributed by atoms with Crippen molar-refractivity contribution in [3.8, 4) is 0 Å². The molecule has 2 N–H and O–H groups in total. The van der Waals surface area contributed by atoms with Crippen molar-refractivity contribution in [3.05, 3.63) is 0 Å². The van der Waals surface area contributed by atoms with Gasteiger partial charge in [0.15, 0.2) is 0 Å². The van der Waals surface area contributed by atoms with Gasteiger partial charge in [0, 0.05) is 12.3 Å². The lowest BCUT2D eigenvalue weighted by Crippen LogP contribution is -2.40. The number of nitrogens with one attached hydrogen (secondary N) is 1. The molecule has 2 atom stereocenters. The number of carboxylic acids is 1. The van der Waals surface area contributed by atoms with Crippen LogP contribution in [0.4, 0.5) is 0 Å². The van der Waals surface area contributed by atoms with E-state index in [9.17, 15) is 14.7 Å². The lowest BCUT2D eigenvalue weighted by molar-refractivity contribution is -0.141. The summed E-state index contributed by atoms with van der Waals surface area (Å²) in [4.78, 5) is 22.7. The minimum Gasteiger partial charge on any atom is -0.480 e. The molecule has 0 bridgehead atoms. The van der Waals surface area contributed by atoms with E-state index in [4.69, 9.17) is 0 Å². The van der Waals surface area contributed by atoms with Gasteiger partial charge in [-0.3, -0.25) is 4.79 Å². The van der Waals surface area contributed by atoms with Crippen molar-refractivity contribution in [1.82, 2.24) is 5.32 Å². The van der Waals surface area contributed by atoms with Crippen LogP contribution in [0.3, 0.4) is 0 Å². The summed E-state index contributed by atoms with van der Waals surface area (Å²) < 4.78 is 0. The Kier molecular flexibility index (Phi) is 3.88. The molecule has 1 aliphatic carbocycles. The zero-order valence-corrected chi connectivity index (χ0v) is 12.1. The molecule has 0 aromatic rings. The van der Waals surface area contributed by atoms with Gasteiger partial charge in [-0.25, -0.2) is 4.79 Å². The molecule has 2 aliphatic rings. The molecule has 19 heavy (non-hydrogen) atoms. The highest BCUT2D eigenvalue weighted by atomic mass is 16.4. The van der Waals surface area contributed by atoms with E-state index < -0.39 is 12.0 Å². The van der Waals surface area contributed by atoms with E-state index >= 15 is 0 Å². The average Bonchev–Trinajstić information content (AvgIpc) is 2.70. The van der Waals surface area contributed by atoms with E-state index in [2.05, 4.69) is 26.1 Å². The smallest absolute Gasteiger partial charge is 0.326 e. The SMILES string of the molecule is CC(C)(C)C1CCC(C2CC(=O)NC2C(=O)O)CC1. The molecule has 4 nitrogen and oxygen atoms in total. The monoisotopic (exact) mass is 267 g/mol. The third-order valence-electron chi connectivity index (χ3n) is 5.03. The molecule has 1 aliphatic heterocycles. The largest absolute Gasteiger partial charge is 0.480 e. The van der Waals surface area contributed by atoms with E-state index in [-0.39, 0.29) is 11.8 Å². The minimum absolute atomic E-state index is 0.00841. The highest BCUT2D eigenvalue weighted by Gasteiger charge is 2.43. The van der Waals surface area contributed by atoms with E-state index in [0.29, 0.717) is 17.8 Å². The lowest BCUT2D eigenvalue weighted by Gasteiger charge is -2.39. The van der Waals surface area contributed by atoms with Crippen molar-refractivity contribution < 1.29 is 14.7 Å². The van der Waals surface area contributed by atoms with Crippen molar-refractivity contribution in [3.63, 3.8) is 0 Å². The van der Waals surface area contributed by atoms with E-state index in [1.54, 1.807) is 0 Å². The van der Waals surface area contributed by atoms with Gasteiger partial charge in [0.05, 0.1) is 0 Å². The molecular formula is C15H25NO3. The Bertz CT molecular complexity index is 364. The highest BCUT2D eigenvalue weighted by molar-refractivity contribution is 5.88. The summed E-state index contributed by atoms with van der Waals surface area (Å²) in [5, 5.41) is 11.8. The number of carbonyl (C=O) groups is 2. The quantitative estimate of drug-likeness (QED) is 0.807. The Balaban J connectivity index is 1.97. The fraction of sp³-hybridized carbons (Fsp3) is 0.867. The molecule has 1 saturated heterocycles. The predicted octanol–water partition coefficient (Wildman–Crippen LogP) is 2.43. The van der Waals surface area contributed by atoms with Gasteiger partial charge in [0.2, 0.25) is 5.91 Å². The lowest BCUT2D eigenvalue weighted by atomic mass is 9.66. The highest BCUT2D eigenvalue weighted by Crippen LogP contribution is 2.44. The van der Waals surface area contributed by atoms with Gasteiger partial charge in [0.1, 0.15) is 6.04 Å². The summed E-state index contributed by atoms with van der Waals surface area (Å²) in [5.74, 6) is 0.116. The number of hydrogen-bond acceptors (Lipinski definition) is 2. The van der Waals surface area contributed by atoms with Gasteiger partial charge < -0.3 is 10.4 Å². The fourth-order valence-corrected chi connectivity index (χ4v) is 3.77. The van der Waals surface area contributed by atoms with Gasteiger partial charge >= 0.3 is 5.97 Å². The first-order valence-electron chi connectivity index (χ1n) is 7.31. The summed E-state index contributed by atoms with van der Waals surface area (Å²) in [6.45, 7) is 6.83. The summed E-state index contributed by atoms with van der Waals surface area (Å²) in [5.41, 5.74) is 0.334. The third-order valence-corrected chi connectivity index (χ3v) is 5.03. The van der Waals surface area contributed by atoms with Crippen LogP contribution in [-0.4, -0.2) is 23.0 Å². The number of carboxylic acid groups (broad SMARTS) is 1. The van der Waals surface area contributed by atoms with Crippen LogP contribution in [0.2, 0.25) is 0 Å². The molecule has 1 amide bonds. The normalized spacial score (nSPS) is 36.1. The molecule has 2 fully saturated rings. The second-order valence-electron chi connectivity index (χ2n) is 7.23. The van der Waals surface area contributed by atoms with Gasteiger partial charge in [-0.15, -0.1) is 0 Å². The van der Waals surface area contributed by atoms with Crippen molar-refractivity contribution >= 4 is 11.9 Å². The van der Waals surface area contributed by atoms with Crippen molar-refractivity contribution in [2.24, 2.45) is 23.2 Å². The van der Waals surface area contributed by atoms with Crippen LogP contribution in [0.15, 0.2) is 0 Å². The average molecular weight is 267 g/mol. The Morgan fingerprint density at radius 1 is 1.21 bits per heavy atom. The molecule has 1 heterocycles. The molecule has 1 saturated carbocycles. The van der Waals surface area contributed by atoms with E-state index in [0.717, 1.165) is 31.6 Å². The van der Waals surface area contributed by atoms with E-state index in [1.165, 1.54) is 0 Å². The maximum Gasteiger partial charge on any atom is 0.326 e. The molecule has 4 heteroatoms. The number of carbonyl (C=O) groups excluding carboxylic acids is 1. The first-order chi connectivity index (χ1) is 8.79. The molecule has 0 aromatic carbocycles. The summed E-state index contributed by atoms with van der Waals surface area (Å²) in [6, 6.07) is -0.663. The number of rotatable bonds is 2. The van der Waals surface area contributed by atoms with Crippen LogP contribution < -0.4 is 5.32 Å². The summed E-state index contributed by atoms with van der Waals surface area (Å²) in [7, 11) is 0. The standard InChI is InChI=1S/C15H25NO3/c1-15(2,3)10-6-4-9(5-7-10)11-8-12(17)16-13(11)14(18)19/h9-11,13H,4-8H2,1-3H3,(H,16,17)(H,18,19). The molecular weight excluding hydrogens is 242 g/mol. The molecule has 0 aromatic heterocycles. The van der Waals surface area contributed by atoms with Crippen molar-refractivity contribution in [1.29, 1.82) is 0 Å². The summed E-state index contributed by atoms with van der Waals surface area (Å²) >= 11 is 0. The molecule has 2 unspecified atom stereocenters. The van der Waals surface area contributed by atoms with Crippen LogP contribution >= 0.6 is 0 Å². The summed E-state index contributed by atoms with van der Waals surface area (Å²) in [6.07, 6.45) is 4.83. The van der Waals surface area contributed by atoms with Gasteiger partial charge in [0.25, 0.3) is 0 Å². The third kappa shape index (κ3) is 3.10. The number of hydrogen-bond donors (Lipinski definition) is 2. The first kappa shape index (κ1) is 14.4. The number of amides is 1. The first-order valence-corrected chi connectivity index (χ1v) is 7.31. The topological polar surface area (TPSA) is 66.4 Å². The Hall–Kier alpha value is -1.06. The van der Waals surface area contributed by atoms with Crippen LogP contribution in [-0.2, 0) is 9.59 Å². The fourth-order valence-electron chi connectivity index (χ4n) is 3.77. The van der Waals surface area contributed by atoms with Gasteiger partial charge in [-0.2, -0.15) is 0 Å². The van der Waals surface area contributed by atoms with Crippen LogP contribution in [0.1, 0.15) is 52.9 Å². The molecule has 0 spiro atoms. The van der Waals surface area contributed by atoms with Crippen molar-refractivity contribution in [2.45, 2.75) is 58.9 Å². The Morgan fingerprint density at radius 2 is 1.79 bits per heavy atom. The van der Waals surface area contributed by atoms with Crippen LogP contribution in [0, 0.1) is 23.2 Å². The maximum absolute atomic E-state index is 11.5. The van der Waals surface area contributed by atoms with E-state index in [1.807, 2.05) is 0 Å².